The normalized spacial score (nSPS) is 10.2. The van der Waals surface area contributed by atoms with Crippen LogP contribution in [0.1, 0.15) is 0 Å². The van der Waals surface area contributed by atoms with Crippen LogP contribution in [0.5, 0.6) is 0 Å². The second-order valence-electron chi connectivity index (χ2n) is 4.74. The lowest BCUT2D eigenvalue weighted by Gasteiger charge is -2.12. The zero-order chi connectivity index (χ0) is 15.2. The van der Waals surface area contributed by atoms with Crippen molar-refractivity contribution in [3.8, 4) is 5.69 Å². The van der Waals surface area contributed by atoms with Gasteiger partial charge in [0.25, 0.3) is 0 Å². The van der Waals surface area contributed by atoms with Gasteiger partial charge in [-0.05, 0) is 30.3 Å². The summed E-state index contributed by atoms with van der Waals surface area (Å²) in [6, 6.07) is 19.0. The quantitative estimate of drug-likeness (QED) is 0.760. The summed E-state index contributed by atoms with van der Waals surface area (Å²) in [5.74, 6) is -0.0959. The molecule has 0 aliphatic rings. The highest BCUT2D eigenvalue weighted by Crippen LogP contribution is 2.18. The van der Waals surface area contributed by atoms with Gasteiger partial charge in [-0.2, -0.15) is 5.10 Å². The molecule has 0 fully saturated rings. The Morgan fingerprint density at radius 2 is 1.77 bits per heavy atom. The second kappa shape index (κ2) is 6.58. The van der Waals surface area contributed by atoms with E-state index in [0.717, 1.165) is 17.1 Å². The predicted octanol–water partition coefficient (Wildman–Crippen LogP) is 2.92. The van der Waals surface area contributed by atoms with E-state index in [1.807, 2.05) is 66.9 Å². The molecule has 1 heterocycles. The van der Waals surface area contributed by atoms with Crippen molar-refractivity contribution in [3.05, 3.63) is 73.1 Å². The number of amides is 1. The van der Waals surface area contributed by atoms with E-state index in [2.05, 4.69) is 15.7 Å². The summed E-state index contributed by atoms with van der Waals surface area (Å²) < 4.78 is 1.76. The Balaban J connectivity index is 1.66. The summed E-state index contributed by atoms with van der Waals surface area (Å²) in [4.78, 5) is 12.0. The van der Waals surface area contributed by atoms with Crippen LogP contribution in [-0.4, -0.2) is 22.2 Å². The SMILES string of the molecule is O=C(CNc1ccccc1-n1cccn1)Nc1ccccc1. The van der Waals surface area contributed by atoms with E-state index >= 15 is 0 Å². The van der Waals surface area contributed by atoms with Gasteiger partial charge in [0.2, 0.25) is 5.91 Å². The zero-order valence-electron chi connectivity index (χ0n) is 11.9. The Kier molecular flexibility index (Phi) is 4.15. The first-order chi connectivity index (χ1) is 10.8. The summed E-state index contributed by atoms with van der Waals surface area (Å²) in [7, 11) is 0. The highest BCUT2D eigenvalue weighted by atomic mass is 16.1. The summed E-state index contributed by atoms with van der Waals surface area (Å²) in [5.41, 5.74) is 2.55. The first-order valence-electron chi connectivity index (χ1n) is 7.01. The largest absolute Gasteiger partial charge is 0.374 e. The monoisotopic (exact) mass is 292 g/mol. The molecule has 5 heteroatoms. The Morgan fingerprint density at radius 1 is 1.00 bits per heavy atom. The highest BCUT2D eigenvalue weighted by Gasteiger charge is 2.06. The number of carbonyl (C=O) groups is 1. The van der Waals surface area contributed by atoms with Crippen LogP contribution in [-0.2, 0) is 4.79 Å². The first kappa shape index (κ1) is 13.9. The highest BCUT2D eigenvalue weighted by molar-refractivity contribution is 5.94. The van der Waals surface area contributed by atoms with Gasteiger partial charge in [0.15, 0.2) is 0 Å². The predicted molar refractivity (Wildman–Crippen MR) is 87.1 cm³/mol. The van der Waals surface area contributed by atoms with E-state index in [-0.39, 0.29) is 12.5 Å². The average Bonchev–Trinajstić information content (AvgIpc) is 3.08. The van der Waals surface area contributed by atoms with Gasteiger partial charge in [0, 0.05) is 18.1 Å². The molecule has 0 saturated heterocycles. The van der Waals surface area contributed by atoms with Gasteiger partial charge in [-0.1, -0.05) is 30.3 Å². The van der Waals surface area contributed by atoms with E-state index in [9.17, 15) is 4.79 Å². The van der Waals surface area contributed by atoms with Crippen molar-refractivity contribution in [1.29, 1.82) is 0 Å². The molecule has 2 aromatic carbocycles. The number of anilines is 2. The molecule has 3 rings (SSSR count). The van der Waals surface area contributed by atoms with Gasteiger partial charge in [0.05, 0.1) is 17.9 Å². The van der Waals surface area contributed by atoms with Gasteiger partial charge >= 0.3 is 0 Å². The fourth-order valence-corrected chi connectivity index (χ4v) is 2.14. The second-order valence-corrected chi connectivity index (χ2v) is 4.74. The molecule has 0 saturated carbocycles. The number of carbonyl (C=O) groups excluding carboxylic acids is 1. The summed E-state index contributed by atoms with van der Waals surface area (Å²) >= 11 is 0. The van der Waals surface area contributed by atoms with Crippen LogP contribution in [0.2, 0.25) is 0 Å². The Morgan fingerprint density at radius 3 is 2.55 bits per heavy atom. The van der Waals surface area contributed by atoms with Gasteiger partial charge in [-0.3, -0.25) is 4.79 Å². The number of nitrogens with zero attached hydrogens (tertiary/aromatic N) is 2. The number of rotatable bonds is 5. The minimum atomic E-state index is -0.0959. The lowest BCUT2D eigenvalue weighted by molar-refractivity contribution is -0.114. The number of hydrogen-bond donors (Lipinski definition) is 2. The molecule has 2 N–H and O–H groups in total. The summed E-state index contributed by atoms with van der Waals surface area (Å²) in [6.45, 7) is 0.188. The van der Waals surface area contributed by atoms with E-state index in [0.29, 0.717) is 0 Å². The fourth-order valence-electron chi connectivity index (χ4n) is 2.14. The molecule has 0 radical (unpaired) electrons. The molecule has 0 atom stereocenters. The zero-order valence-corrected chi connectivity index (χ0v) is 11.9. The molecule has 5 nitrogen and oxygen atoms in total. The molecule has 0 unspecified atom stereocenters. The minimum absolute atomic E-state index is 0.0959. The smallest absolute Gasteiger partial charge is 0.243 e. The van der Waals surface area contributed by atoms with Crippen LogP contribution in [0.25, 0.3) is 5.69 Å². The van der Waals surface area contributed by atoms with E-state index < -0.39 is 0 Å². The Hall–Kier alpha value is -3.08. The Bertz CT molecular complexity index is 738. The molecule has 1 amide bonds. The molecule has 110 valence electrons. The average molecular weight is 292 g/mol. The van der Waals surface area contributed by atoms with Crippen molar-refractivity contribution in [2.24, 2.45) is 0 Å². The van der Waals surface area contributed by atoms with E-state index in [1.54, 1.807) is 10.9 Å². The van der Waals surface area contributed by atoms with Crippen molar-refractivity contribution in [2.75, 3.05) is 17.2 Å². The molecule has 0 aliphatic heterocycles. The molecular formula is C17H16N4O. The van der Waals surface area contributed by atoms with E-state index in [4.69, 9.17) is 0 Å². The summed E-state index contributed by atoms with van der Waals surface area (Å²) in [5, 5.41) is 10.2. The van der Waals surface area contributed by atoms with Crippen molar-refractivity contribution in [1.82, 2.24) is 9.78 Å². The third kappa shape index (κ3) is 3.32. The number of hydrogen-bond acceptors (Lipinski definition) is 3. The number of benzene rings is 2. The molecule has 0 aliphatic carbocycles. The first-order valence-corrected chi connectivity index (χ1v) is 7.01. The topological polar surface area (TPSA) is 59.0 Å². The molecule has 22 heavy (non-hydrogen) atoms. The van der Waals surface area contributed by atoms with Crippen molar-refractivity contribution < 1.29 is 4.79 Å². The van der Waals surface area contributed by atoms with Crippen LogP contribution in [0, 0.1) is 0 Å². The molecule has 1 aromatic heterocycles. The van der Waals surface area contributed by atoms with Crippen LogP contribution in [0.15, 0.2) is 73.1 Å². The lowest BCUT2D eigenvalue weighted by atomic mass is 10.2. The lowest BCUT2D eigenvalue weighted by Crippen LogP contribution is -2.22. The maximum atomic E-state index is 12.0. The van der Waals surface area contributed by atoms with Crippen molar-refractivity contribution in [3.63, 3.8) is 0 Å². The maximum Gasteiger partial charge on any atom is 0.243 e. The van der Waals surface area contributed by atoms with Gasteiger partial charge < -0.3 is 10.6 Å². The number of para-hydroxylation sites is 3. The van der Waals surface area contributed by atoms with E-state index in [1.165, 1.54) is 0 Å². The third-order valence-corrected chi connectivity index (χ3v) is 3.15. The Labute approximate surface area is 128 Å². The van der Waals surface area contributed by atoms with Crippen molar-refractivity contribution >= 4 is 17.3 Å². The van der Waals surface area contributed by atoms with Gasteiger partial charge in [-0.25, -0.2) is 4.68 Å². The minimum Gasteiger partial charge on any atom is -0.374 e. The molecule has 3 aromatic rings. The number of aromatic nitrogens is 2. The fraction of sp³-hybridized carbons (Fsp3) is 0.0588. The van der Waals surface area contributed by atoms with Crippen LogP contribution < -0.4 is 10.6 Å². The van der Waals surface area contributed by atoms with Crippen LogP contribution in [0.3, 0.4) is 0 Å². The standard InChI is InChI=1S/C17H16N4O/c22-17(20-14-7-2-1-3-8-14)13-18-15-9-4-5-10-16(15)21-12-6-11-19-21/h1-12,18H,13H2,(H,20,22). The van der Waals surface area contributed by atoms with Crippen molar-refractivity contribution in [2.45, 2.75) is 0 Å². The number of nitrogens with one attached hydrogen (secondary N) is 2. The molecule has 0 spiro atoms. The van der Waals surface area contributed by atoms with Gasteiger partial charge in [0.1, 0.15) is 0 Å². The third-order valence-electron chi connectivity index (χ3n) is 3.15. The maximum absolute atomic E-state index is 12.0. The molecular weight excluding hydrogens is 276 g/mol. The molecule has 0 bridgehead atoms. The summed E-state index contributed by atoms with van der Waals surface area (Å²) in [6.07, 6.45) is 3.59. The van der Waals surface area contributed by atoms with Crippen LogP contribution >= 0.6 is 0 Å². The van der Waals surface area contributed by atoms with Gasteiger partial charge in [-0.15, -0.1) is 0 Å². The van der Waals surface area contributed by atoms with Crippen LogP contribution in [0.4, 0.5) is 11.4 Å².